The SMILES string of the molecule is O=C(CNC1CCOC1)N1CCCC1. The van der Waals surface area contributed by atoms with Crippen LogP contribution in [-0.2, 0) is 9.53 Å². The lowest BCUT2D eigenvalue weighted by molar-refractivity contribution is -0.129. The topological polar surface area (TPSA) is 41.6 Å². The normalized spacial score (nSPS) is 27.1. The molecule has 80 valence electrons. The molecule has 2 rings (SSSR count). The van der Waals surface area contributed by atoms with E-state index in [2.05, 4.69) is 5.32 Å². The fraction of sp³-hybridized carbons (Fsp3) is 0.900. The molecule has 1 atom stereocenters. The van der Waals surface area contributed by atoms with Crippen molar-refractivity contribution in [2.45, 2.75) is 25.3 Å². The van der Waals surface area contributed by atoms with Gasteiger partial charge in [0.05, 0.1) is 13.2 Å². The summed E-state index contributed by atoms with van der Waals surface area (Å²) in [5.74, 6) is 0.245. The van der Waals surface area contributed by atoms with Gasteiger partial charge in [0, 0.05) is 25.7 Å². The van der Waals surface area contributed by atoms with Crippen LogP contribution in [0.15, 0.2) is 0 Å². The van der Waals surface area contributed by atoms with E-state index in [1.807, 2.05) is 4.90 Å². The third-order valence-corrected chi connectivity index (χ3v) is 2.93. The zero-order valence-electron chi connectivity index (χ0n) is 8.50. The minimum Gasteiger partial charge on any atom is -0.380 e. The third kappa shape index (κ3) is 2.45. The van der Waals surface area contributed by atoms with Crippen molar-refractivity contribution in [1.29, 1.82) is 0 Å². The van der Waals surface area contributed by atoms with Gasteiger partial charge in [-0.1, -0.05) is 0 Å². The summed E-state index contributed by atoms with van der Waals surface area (Å²) in [5.41, 5.74) is 0. The van der Waals surface area contributed by atoms with E-state index in [1.54, 1.807) is 0 Å². The van der Waals surface area contributed by atoms with E-state index < -0.39 is 0 Å². The Morgan fingerprint density at radius 2 is 2.21 bits per heavy atom. The van der Waals surface area contributed by atoms with E-state index in [9.17, 15) is 4.79 Å². The molecule has 0 spiro atoms. The zero-order valence-corrected chi connectivity index (χ0v) is 8.50. The molecule has 1 amide bonds. The molecule has 0 bridgehead atoms. The molecule has 0 aliphatic carbocycles. The number of nitrogens with zero attached hydrogens (tertiary/aromatic N) is 1. The van der Waals surface area contributed by atoms with Crippen molar-refractivity contribution in [2.24, 2.45) is 0 Å². The fourth-order valence-corrected chi connectivity index (χ4v) is 2.01. The van der Waals surface area contributed by atoms with E-state index in [0.717, 1.165) is 45.6 Å². The summed E-state index contributed by atoms with van der Waals surface area (Å²) in [5, 5.41) is 3.24. The first-order valence-corrected chi connectivity index (χ1v) is 5.45. The Bertz CT molecular complexity index is 196. The van der Waals surface area contributed by atoms with Crippen molar-refractivity contribution in [2.75, 3.05) is 32.8 Å². The Kier molecular flexibility index (Phi) is 3.37. The summed E-state index contributed by atoms with van der Waals surface area (Å²) in [6.45, 7) is 3.96. The van der Waals surface area contributed by atoms with E-state index in [1.165, 1.54) is 0 Å². The molecule has 2 heterocycles. The number of nitrogens with one attached hydrogen (secondary N) is 1. The van der Waals surface area contributed by atoms with Gasteiger partial charge in [0.25, 0.3) is 0 Å². The quantitative estimate of drug-likeness (QED) is 0.693. The molecule has 0 saturated carbocycles. The lowest BCUT2D eigenvalue weighted by Crippen LogP contribution is -2.40. The van der Waals surface area contributed by atoms with Crippen LogP contribution in [0.4, 0.5) is 0 Å². The van der Waals surface area contributed by atoms with Gasteiger partial charge in [0.2, 0.25) is 5.91 Å². The highest BCUT2D eigenvalue weighted by Gasteiger charge is 2.20. The second-order valence-electron chi connectivity index (χ2n) is 4.03. The van der Waals surface area contributed by atoms with Crippen molar-refractivity contribution in [3.8, 4) is 0 Å². The Hall–Kier alpha value is -0.610. The molecule has 2 aliphatic rings. The van der Waals surface area contributed by atoms with Gasteiger partial charge in [-0.05, 0) is 19.3 Å². The smallest absolute Gasteiger partial charge is 0.236 e. The summed E-state index contributed by atoms with van der Waals surface area (Å²) >= 11 is 0. The lowest BCUT2D eigenvalue weighted by Gasteiger charge is -2.17. The molecule has 0 aromatic heterocycles. The Labute approximate surface area is 84.6 Å². The molecule has 2 saturated heterocycles. The van der Waals surface area contributed by atoms with Crippen LogP contribution in [0, 0.1) is 0 Å². The highest BCUT2D eigenvalue weighted by molar-refractivity contribution is 5.78. The van der Waals surface area contributed by atoms with Gasteiger partial charge in [-0.25, -0.2) is 0 Å². The first kappa shape index (κ1) is 9.93. The average molecular weight is 198 g/mol. The van der Waals surface area contributed by atoms with E-state index in [-0.39, 0.29) is 5.91 Å². The largest absolute Gasteiger partial charge is 0.380 e. The Morgan fingerprint density at radius 1 is 1.43 bits per heavy atom. The third-order valence-electron chi connectivity index (χ3n) is 2.93. The van der Waals surface area contributed by atoms with Gasteiger partial charge in [-0.3, -0.25) is 4.79 Å². The molecule has 1 N–H and O–H groups in total. The van der Waals surface area contributed by atoms with Gasteiger partial charge in [-0.2, -0.15) is 0 Å². The van der Waals surface area contributed by atoms with Crippen LogP contribution in [0.2, 0.25) is 0 Å². The van der Waals surface area contributed by atoms with Gasteiger partial charge < -0.3 is 15.0 Å². The average Bonchev–Trinajstić information content (AvgIpc) is 2.87. The number of hydrogen-bond acceptors (Lipinski definition) is 3. The summed E-state index contributed by atoms with van der Waals surface area (Å²) in [6, 6.07) is 0.390. The minimum atomic E-state index is 0.245. The van der Waals surface area contributed by atoms with Crippen molar-refractivity contribution >= 4 is 5.91 Å². The van der Waals surface area contributed by atoms with Crippen molar-refractivity contribution < 1.29 is 9.53 Å². The van der Waals surface area contributed by atoms with Crippen molar-refractivity contribution in [3.63, 3.8) is 0 Å². The summed E-state index contributed by atoms with van der Waals surface area (Å²) in [6.07, 6.45) is 3.36. The number of carbonyl (C=O) groups is 1. The molecule has 0 radical (unpaired) electrons. The van der Waals surface area contributed by atoms with E-state index >= 15 is 0 Å². The first-order chi connectivity index (χ1) is 6.86. The minimum absolute atomic E-state index is 0.245. The molecule has 0 aromatic carbocycles. The summed E-state index contributed by atoms with van der Waals surface area (Å²) in [4.78, 5) is 13.6. The number of amides is 1. The van der Waals surface area contributed by atoms with Crippen LogP contribution in [0.3, 0.4) is 0 Å². The molecule has 4 heteroatoms. The number of hydrogen-bond donors (Lipinski definition) is 1. The monoisotopic (exact) mass is 198 g/mol. The second-order valence-corrected chi connectivity index (χ2v) is 4.03. The molecule has 2 aliphatic heterocycles. The maximum absolute atomic E-state index is 11.6. The number of ether oxygens (including phenoxy) is 1. The second kappa shape index (κ2) is 4.75. The van der Waals surface area contributed by atoms with Gasteiger partial charge in [0.15, 0.2) is 0 Å². The van der Waals surface area contributed by atoms with Crippen LogP contribution in [0.1, 0.15) is 19.3 Å². The van der Waals surface area contributed by atoms with Gasteiger partial charge in [0.1, 0.15) is 0 Å². The predicted molar refractivity (Wildman–Crippen MR) is 53.0 cm³/mol. The number of rotatable bonds is 3. The maximum atomic E-state index is 11.6. The standard InChI is InChI=1S/C10H18N2O2/c13-10(12-4-1-2-5-12)7-11-9-3-6-14-8-9/h9,11H,1-8H2. The molecule has 14 heavy (non-hydrogen) atoms. The molecule has 4 nitrogen and oxygen atoms in total. The highest BCUT2D eigenvalue weighted by atomic mass is 16.5. The highest BCUT2D eigenvalue weighted by Crippen LogP contribution is 2.07. The summed E-state index contributed by atoms with van der Waals surface area (Å²) in [7, 11) is 0. The van der Waals surface area contributed by atoms with Crippen LogP contribution in [0.25, 0.3) is 0 Å². The van der Waals surface area contributed by atoms with Crippen LogP contribution in [-0.4, -0.2) is 49.7 Å². The van der Waals surface area contributed by atoms with E-state index in [0.29, 0.717) is 12.6 Å². The van der Waals surface area contributed by atoms with E-state index in [4.69, 9.17) is 4.74 Å². The van der Waals surface area contributed by atoms with Gasteiger partial charge >= 0.3 is 0 Å². The van der Waals surface area contributed by atoms with Gasteiger partial charge in [-0.15, -0.1) is 0 Å². The van der Waals surface area contributed by atoms with Crippen LogP contribution in [0.5, 0.6) is 0 Å². The maximum Gasteiger partial charge on any atom is 0.236 e. The van der Waals surface area contributed by atoms with Crippen molar-refractivity contribution in [3.05, 3.63) is 0 Å². The summed E-state index contributed by atoms with van der Waals surface area (Å²) < 4.78 is 5.23. The number of carbonyl (C=O) groups excluding carboxylic acids is 1. The van der Waals surface area contributed by atoms with Crippen LogP contribution >= 0.6 is 0 Å². The lowest BCUT2D eigenvalue weighted by atomic mass is 10.2. The molecular weight excluding hydrogens is 180 g/mol. The van der Waals surface area contributed by atoms with Crippen LogP contribution < -0.4 is 5.32 Å². The first-order valence-electron chi connectivity index (χ1n) is 5.45. The zero-order chi connectivity index (χ0) is 9.80. The Balaban J connectivity index is 1.66. The molecule has 1 unspecified atom stereocenters. The number of likely N-dealkylation sites (tertiary alicyclic amines) is 1. The molecular formula is C10H18N2O2. The fourth-order valence-electron chi connectivity index (χ4n) is 2.01. The molecule has 0 aromatic rings. The van der Waals surface area contributed by atoms with Crippen molar-refractivity contribution in [1.82, 2.24) is 10.2 Å². The Morgan fingerprint density at radius 3 is 2.86 bits per heavy atom. The predicted octanol–water partition coefficient (Wildman–Crippen LogP) is -0.0127. The molecule has 2 fully saturated rings.